The molecule has 0 saturated carbocycles. The average molecular weight is 459 g/mol. The van der Waals surface area contributed by atoms with Crippen molar-refractivity contribution in [3.8, 4) is 0 Å². The predicted octanol–water partition coefficient (Wildman–Crippen LogP) is 3.71. The number of sulfone groups is 1. The smallest absolute Gasteiger partial charge is 0.253 e. The Labute approximate surface area is 167 Å². The molecule has 1 aromatic rings. The molecule has 0 spiro atoms. The first-order chi connectivity index (χ1) is 11.9. The van der Waals surface area contributed by atoms with E-state index in [0.29, 0.717) is 5.17 Å². The Morgan fingerprint density at radius 1 is 1.23 bits per heavy atom. The number of amides is 1. The van der Waals surface area contributed by atoms with Crippen molar-refractivity contribution in [3.05, 3.63) is 27.7 Å². The number of amidine groups is 1. The fraction of sp³-hybridized carbons (Fsp3) is 0.556. The first-order valence-electron chi connectivity index (χ1n) is 8.45. The van der Waals surface area contributed by atoms with Gasteiger partial charge in [-0.25, -0.2) is 8.42 Å². The number of carbonyl (C=O) groups is 1. The monoisotopic (exact) mass is 458 g/mol. The Hall–Kier alpha value is -0.860. The lowest BCUT2D eigenvalue weighted by atomic mass is 9.96. The molecule has 3 rings (SSSR count). The summed E-state index contributed by atoms with van der Waals surface area (Å²) in [7, 11) is -3.07. The van der Waals surface area contributed by atoms with Gasteiger partial charge in [0.25, 0.3) is 5.91 Å². The van der Waals surface area contributed by atoms with Crippen molar-refractivity contribution in [2.75, 3.05) is 16.4 Å². The van der Waals surface area contributed by atoms with Crippen LogP contribution in [0.5, 0.6) is 0 Å². The lowest BCUT2D eigenvalue weighted by Gasteiger charge is -2.28. The molecule has 0 N–H and O–H groups in total. The van der Waals surface area contributed by atoms with Crippen molar-refractivity contribution in [3.63, 3.8) is 0 Å². The third kappa shape index (κ3) is 3.73. The van der Waals surface area contributed by atoms with E-state index in [1.807, 2.05) is 51.7 Å². The van der Waals surface area contributed by atoms with Crippen LogP contribution in [-0.4, -0.2) is 42.3 Å². The van der Waals surface area contributed by atoms with Crippen LogP contribution >= 0.6 is 27.7 Å². The minimum Gasteiger partial charge on any atom is -0.315 e. The van der Waals surface area contributed by atoms with Crippen LogP contribution in [-0.2, 0) is 14.6 Å². The topological polar surface area (TPSA) is 66.8 Å². The van der Waals surface area contributed by atoms with Crippen molar-refractivity contribution < 1.29 is 13.2 Å². The van der Waals surface area contributed by atoms with Gasteiger partial charge in [-0.2, -0.15) is 4.99 Å². The van der Waals surface area contributed by atoms with Gasteiger partial charge in [0.2, 0.25) is 0 Å². The minimum absolute atomic E-state index is 0.0889. The van der Waals surface area contributed by atoms with Gasteiger partial charge in [0.1, 0.15) is 0 Å². The maximum Gasteiger partial charge on any atom is 0.253 e. The van der Waals surface area contributed by atoms with E-state index in [2.05, 4.69) is 20.9 Å². The second kappa shape index (κ2) is 6.63. The Morgan fingerprint density at radius 2 is 1.81 bits per heavy atom. The summed E-state index contributed by atoms with van der Waals surface area (Å²) in [5.41, 5.74) is 2.43. The lowest BCUT2D eigenvalue weighted by molar-refractivity contribution is -0.124. The number of anilines is 1. The van der Waals surface area contributed by atoms with Gasteiger partial charge in [0, 0.05) is 20.8 Å². The Kier molecular flexibility index (Phi) is 5.08. The number of aliphatic imine (C=N–C) groups is 1. The number of aryl methyl sites for hydroxylation is 2. The van der Waals surface area contributed by atoms with E-state index < -0.39 is 15.3 Å². The van der Waals surface area contributed by atoms with Gasteiger partial charge in [-0.1, -0.05) is 48.5 Å². The standard InChI is InChI=1S/C18H23BrN2O3S2/c1-10-6-12(19)7-11(2)15(10)21-13-8-26(23,24)9-14(13)25-17(21)20-16(22)18(3,4)5/h6-7,13-14H,8-9H2,1-5H3/t13-,14-/m1/s1. The van der Waals surface area contributed by atoms with E-state index >= 15 is 0 Å². The molecule has 0 bridgehead atoms. The van der Waals surface area contributed by atoms with Crippen molar-refractivity contribution in [1.82, 2.24) is 0 Å². The van der Waals surface area contributed by atoms with Gasteiger partial charge >= 0.3 is 0 Å². The number of benzene rings is 1. The van der Waals surface area contributed by atoms with Crippen molar-refractivity contribution in [2.45, 2.75) is 45.9 Å². The number of halogens is 1. The summed E-state index contributed by atoms with van der Waals surface area (Å²) in [5, 5.41) is 0.525. The summed E-state index contributed by atoms with van der Waals surface area (Å²) in [6, 6.07) is 3.83. The molecule has 2 aliphatic heterocycles. The third-order valence-corrected chi connectivity index (χ3v) is 8.27. The highest BCUT2D eigenvalue weighted by Gasteiger charge is 2.50. The van der Waals surface area contributed by atoms with Crippen LogP contribution in [0.3, 0.4) is 0 Å². The lowest BCUT2D eigenvalue weighted by Crippen LogP contribution is -2.39. The second-order valence-electron chi connectivity index (χ2n) is 8.01. The van der Waals surface area contributed by atoms with Gasteiger partial charge in [0.15, 0.2) is 15.0 Å². The van der Waals surface area contributed by atoms with Crippen LogP contribution in [0, 0.1) is 19.3 Å². The molecule has 2 aliphatic rings. The van der Waals surface area contributed by atoms with E-state index in [1.165, 1.54) is 11.8 Å². The van der Waals surface area contributed by atoms with Gasteiger partial charge in [-0.05, 0) is 37.1 Å². The fourth-order valence-electron chi connectivity index (χ4n) is 3.36. The van der Waals surface area contributed by atoms with E-state index in [4.69, 9.17) is 0 Å². The number of nitrogens with zero attached hydrogens (tertiary/aromatic N) is 2. The summed E-state index contributed by atoms with van der Waals surface area (Å²) >= 11 is 4.92. The SMILES string of the molecule is Cc1cc(Br)cc(C)c1N1C(=NC(=O)C(C)(C)C)S[C@@H]2CS(=O)(=O)C[C@H]21. The molecule has 0 radical (unpaired) electrons. The molecule has 1 aromatic carbocycles. The molecule has 5 nitrogen and oxygen atoms in total. The van der Waals surface area contributed by atoms with Gasteiger partial charge in [0.05, 0.1) is 17.5 Å². The summed E-state index contributed by atoms with van der Waals surface area (Å²) in [6.45, 7) is 9.51. The first-order valence-corrected chi connectivity index (χ1v) is 11.9. The van der Waals surface area contributed by atoms with Crippen LogP contribution in [0.25, 0.3) is 0 Å². The van der Waals surface area contributed by atoms with E-state index in [-0.39, 0.29) is 28.7 Å². The van der Waals surface area contributed by atoms with Crippen LogP contribution < -0.4 is 4.90 Å². The average Bonchev–Trinajstić information content (AvgIpc) is 2.90. The molecule has 1 amide bonds. The third-order valence-electron chi connectivity index (χ3n) is 4.60. The van der Waals surface area contributed by atoms with E-state index in [0.717, 1.165) is 21.3 Å². The van der Waals surface area contributed by atoms with Crippen LogP contribution in [0.15, 0.2) is 21.6 Å². The van der Waals surface area contributed by atoms with Crippen LogP contribution in [0.1, 0.15) is 31.9 Å². The van der Waals surface area contributed by atoms with Crippen molar-refractivity contribution in [1.29, 1.82) is 0 Å². The minimum atomic E-state index is -3.07. The van der Waals surface area contributed by atoms with Crippen molar-refractivity contribution in [2.24, 2.45) is 10.4 Å². The maximum atomic E-state index is 12.5. The van der Waals surface area contributed by atoms with Crippen molar-refractivity contribution >= 4 is 54.3 Å². The Morgan fingerprint density at radius 3 is 2.35 bits per heavy atom. The molecule has 0 aromatic heterocycles. The number of hydrogen-bond acceptors (Lipinski definition) is 4. The van der Waals surface area contributed by atoms with Gasteiger partial charge < -0.3 is 4.90 Å². The molecule has 142 valence electrons. The van der Waals surface area contributed by atoms with E-state index in [9.17, 15) is 13.2 Å². The molecule has 2 saturated heterocycles. The quantitative estimate of drug-likeness (QED) is 0.641. The summed E-state index contributed by atoms with van der Waals surface area (Å²) in [5.74, 6) is 0.0404. The summed E-state index contributed by atoms with van der Waals surface area (Å²) < 4.78 is 25.3. The number of hydrogen-bond donors (Lipinski definition) is 0. The highest BCUT2D eigenvalue weighted by Crippen LogP contribution is 2.43. The normalized spacial score (nSPS) is 26.4. The molecule has 2 fully saturated rings. The molecule has 0 aliphatic carbocycles. The zero-order chi connectivity index (χ0) is 19.4. The summed E-state index contributed by atoms with van der Waals surface area (Å²) in [6.07, 6.45) is 0. The van der Waals surface area contributed by atoms with Crippen LogP contribution in [0.2, 0.25) is 0 Å². The predicted molar refractivity (Wildman–Crippen MR) is 112 cm³/mol. The molecule has 8 heteroatoms. The summed E-state index contributed by atoms with van der Waals surface area (Å²) in [4.78, 5) is 18.9. The number of rotatable bonds is 1. The van der Waals surface area contributed by atoms with Crippen LogP contribution in [0.4, 0.5) is 5.69 Å². The highest BCUT2D eigenvalue weighted by atomic mass is 79.9. The molecule has 26 heavy (non-hydrogen) atoms. The van der Waals surface area contributed by atoms with Gasteiger partial charge in [-0.15, -0.1) is 0 Å². The molecule has 0 unspecified atom stereocenters. The first kappa shape index (κ1) is 19.9. The fourth-order valence-corrected chi connectivity index (χ4v) is 7.95. The highest BCUT2D eigenvalue weighted by molar-refractivity contribution is 9.10. The Bertz CT molecular complexity index is 880. The zero-order valence-electron chi connectivity index (χ0n) is 15.5. The van der Waals surface area contributed by atoms with Gasteiger partial charge in [-0.3, -0.25) is 4.79 Å². The maximum absolute atomic E-state index is 12.5. The second-order valence-corrected chi connectivity index (χ2v) is 12.3. The molecule has 2 heterocycles. The molecular formula is C18H23BrN2O3S2. The number of thioether (sulfide) groups is 1. The number of fused-ring (bicyclic) bond motifs is 1. The zero-order valence-corrected chi connectivity index (χ0v) is 18.8. The Balaban J connectivity index is 2.13. The molecular weight excluding hydrogens is 436 g/mol. The van der Waals surface area contributed by atoms with E-state index in [1.54, 1.807) is 0 Å². The number of carbonyl (C=O) groups excluding carboxylic acids is 1. The largest absolute Gasteiger partial charge is 0.315 e. The molecule has 2 atom stereocenters.